The lowest BCUT2D eigenvalue weighted by Gasteiger charge is -2.43. The van der Waals surface area contributed by atoms with Gasteiger partial charge in [0.05, 0.1) is 16.9 Å². The zero-order valence-electron chi connectivity index (χ0n) is 29.8. The SMILES string of the molecule is Cc1ccccc1-c1ccccc1CCc1cc(N2c3ccccc3C(C)(C)c3ccccc32)cc(N2c3ccccc3CC23C=CC=CC3)c1. The molecule has 0 aromatic heterocycles. The largest absolute Gasteiger partial charge is 0.331 e. The molecule has 2 heteroatoms. The minimum Gasteiger partial charge on any atom is -0.331 e. The lowest BCUT2D eigenvalue weighted by atomic mass is 9.73. The predicted octanol–water partition coefficient (Wildman–Crippen LogP) is 12.5. The Bertz CT molecular complexity index is 2290. The molecule has 1 unspecified atom stereocenters. The van der Waals surface area contributed by atoms with Crippen LogP contribution in [0.5, 0.6) is 0 Å². The summed E-state index contributed by atoms with van der Waals surface area (Å²) in [6.45, 7) is 6.95. The minimum absolute atomic E-state index is 0.111. The van der Waals surface area contributed by atoms with E-state index >= 15 is 0 Å². The van der Waals surface area contributed by atoms with Crippen LogP contribution in [0.1, 0.15) is 53.6 Å². The molecule has 0 bridgehead atoms. The number of allylic oxidation sites excluding steroid dienone is 2. The zero-order valence-corrected chi connectivity index (χ0v) is 29.8. The molecule has 2 heterocycles. The minimum atomic E-state index is -0.133. The quantitative estimate of drug-likeness (QED) is 0.175. The van der Waals surface area contributed by atoms with Crippen LogP contribution < -0.4 is 9.80 Å². The third-order valence-corrected chi connectivity index (χ3v) is 11.6. The lowest BCUT2D eigenvalue weighted by molar-refractivity contribution is 0.545. The van der Waals surface area contributed by atoms with Crippen molar-refractivity contribution in [1.82, 2.24) is 0 Å². The van der Waals surface area contributed by atoms with E-state index in [9.17, 15) is 0 Å². The molecule has 51 heavy (non-hydrogen) atoms. The molecule has 0 amide bonds. The molecule has 2 aliphatic heterocycles. The van der Waals surface area contributed by atoms with E-state index in [4.69, 9.17) is 0 Å². The van der Waals surface area contributed by atoms with Crippen LogP contribution in [-0.4, -0.2) is 5.54 Å². The first-order chi connectivity index (χ1) is 24.9. The summed E-state index contributed by atoms with van der Waals surface area (Å²) < 4.78 is 0. The summed E-state index contributed by atoms with van der Waals surface area (Å²) in [4.78, 5) is 5.16. The van der Waals surface area contributed by atoms with Crippen molar-refractivity contribution in [3.05, 3.63) is 197 Å². The number of hydrogen-bond donors (Lipinski definition) is 0. The smallest absolute Gasteiger partial charge is 0.0712 e. The number of aryl methyl sites for hydroxylation is 3. The van der Waals surface area contributed by atoms with Crippen molar-refractivity contribution < 1.29 is 0 Å². The second-order valence-corrected chi connectivity index (χ2v) is 15.1. The zero-order chi connectivity index (χ0) is 34.6. The van der Waals surface area contributed by atoms with Crippen LogP contribution in [0.15, 0.2) is 164 Å². The average Bonchev–Trinajstić information content (AvgIpc) is 3.47. The summed E-state index contributed by atoms with van der Waals surface area (Å²) in [7, 11) is 0. The van der Waals surface area contributed by atoms with Crippen LogP contribution in [0.25, 0.3) is 11.1 Å². The Kier molecular flexibility index (Phi) is 7.58. The number of anilines is 5. The molecule has 1 atom stereocenters. The Morgan fingerprint density at radius 3 is 1.94 bits per heavy atom. The van der Waals surface area contributed by atoms with Gasteiger partial charge in [-0.25, -0.2) is 0 Å². The van der Waals surface area contributed by atoms with Gasteiger partial charge in [0.15, 0.2) is 0 Å². The molecule has 0 N–H and O–H groups in total. The van der Waals surface area contributed by atoms with Crippen LogP contribution in [0.4, 0.5) is 28.4 Å². The van der Waals surface area contributed by atoms with E-state index in [0.717, 1.165) is 25.7 Å². The van der Waals surface area contributed by atoms with Gasteiger partial charge in [0.2, 0.25) is 0 Å². The van der Waals surface area contributed by atoms with E-state index in [0.29, 0.717) is 0 Å². The van der Waals surface area contributed by atoms with Crippen molar-refractivity contribution in [3.8, 4) is 11.1 Å². The van der Waals surface area contributed by atoms with Crippen LogP contribution in [0, 0.1) is 6.92 Å². The van der Waals surface area contributed by atoms with E-state index in [1.807, 2.05) is 0 Å². The molecule has 0 saturated carbocycles. The van der Waals surface area contributed by atoms with Crippen molar-refractivity contribution in [2.75, 3.05) is 9.80 Å². The lowest BCUT2D eigenvalue weighted by Crippen LogP contribution is -2.42. The maximum Gasteiger partial charge on any atom is 0.0712 e. The van der Waals surface area contributed by atoms with Gasteiger partial charge in [-0.15, -0.1) is 0 Å². The highest BCUT2D eigenvalue weighted by Crippen LogP contribution is 2.54. The van der Waals surface area contributed by atoms with E-state index in [1.165, 1.54) is 72.9 Å². The van der Waals surface area contributed by atoms with Gasteiger partial charge in [-0.3, -0.25) is 0 Å². The molecule has 6 aromatic rings. The summed E-state index contributed by atoms with van der Waals surface area (Å²) in [5.41, 5.74) is 16.8. The summed E-state index contributed by atoms with van der Waals surface area (Å²) in [6, 6.07) is 52.1. The van der Waals surface area contributed by atoms with Crippen molar-refractivity contribution in [2.45, 2.75) is 57.4 Å². The Hall–Kier alpha value is -5.60. The molecular weight excluding hydrogens is 617 g/mol. The highest BCUT2D eigenvalue weighted by Gasteiger charge is 2.43. The van der Waals surface area contributed by atoms with Gasteiger partial charge < -0.3 is 9.80 Å². The van der Waals surface area contributed by atoms with E-state index < -0.39 is 0 Å². The molecule has 2 nitrogen and oxygen atoms in total. The Labute approximate surface area is 303 Å². The standard InChI is InChI=1S/C49H44N2/c1-35-17-5-8-20-41(35)42-21-9-6-18-37(42)28-27-36-31-39(50-46-25-13-10-22-43(46)48(2,3)44-23-11-14-26-47(44)50)33-40(32-36)51-45-24-12-7-19-38(45)34-49(51)29-15-4-16-30-49/h4-26,29,31-33H,27-28,30,34H2,1-3H3. The van der Waals surface area contributed by atoms with E-state index in [1.54, 1.807) is 0 Å². The molecule has 250 valence electrons. The highest BCUT2D eigenvalue weighted by atomic mass is 15.2. The monoisotopic (exact) mass is 660 g/mol. The van der Waals surface area contributed by atoms with E-state index in [2.05, 4.69) is 194 Å². The third-order valence-electron chi connectivity index (χ3n) is 11.6. The number of rotatable bonds is 6. The van der Waals surface area contributed by atoms with Gasteiger partial charge in [-0.2, -0.15) is 0 Å². The maximum atomic E-state index is 2.64. The molecule has 0 saturated heterocycles. The number of fused-ring (bicyclic) bond motifs is 3. The molecule has 0 radical (unpaired) electrons. The average molecular weight is 661 g/mol. The van der Waals surface area contributed by atoms with Crippen LogP contribution in [-0.2, 0) is 24.7 Å². The summed E-state index contributed by atoms with van der Waals surface area (Å²) in [6.07, 6.45) is 13.1. The number of nitrogens with zero attached hydrogens (tertiary/aromatic N) is 2. The molecule has 9 rings (SSSR count). The highest BCUT2D eigenvalue weighted by molar-refractivity contribution is 5.88. The van der Waals surface area contributed by atoms with Gasteiger partial charge in [0, 0.05) is 28.9 Å². The first-order valence-electron chi connectivity index (χ1n) is 18.4. The van der Waals surface area contributed by atoms with Gasteiger partial charge >= 0.3 is 0 Å². The first kappa shape index (κ1) is 31.4. The van der Waals surface area contributed by atoms with Gasteiger partial charge in [0.1, 0.15) is 0 Å². The van der Waals surface area contributed by atoms with Crippen molar-refractivity contribution in [1.29, 1.82) is 0 Å². The fourth-order valence-corrected chi connectivity index (χ4v) is 9.04. The van der Waals surface area contributed by atoms with Crippen LogP contribution in [0.3, 0.4) is 0 Å². The molecule has 6 aromatic carbocycles. The predicted molar refractivity (Wildman–Crippen MR) is 215 cm³/mol. The Balaban J connectivity index is 1.22. The van der Waals surface area contributed by atoms with E-state index in [-0.39, 0.29) is 11.0 Å². The molecule has 1 aliphatic carbocycles. The third kappa shape index (κ3) is 5.24. The second-order valence-electron chi connectivity index (χ2n) is 15.1. The number of hydrogen-bond acceptors (Lipinski definition) is 2. The summed E-state index contributed by atoms with van der Waals surface area (Å²) in [5, 5.41) is 0. The second kappa shape index (κ2) is 12.3. The Morgan fingerprint density at radius 1 is 0.588 bits per heavy atom. The van der Waals surface area contributed by atoms with Gasteiger partial charge in [-0.05, 0) is 107 Å². The van der Waals surface area contributed by atoms with Crippen molar-refractivity contribution >= 4 is 28.4 Å². The molecule has 1 spiro atoms. The molecular formula is C49H44N2. The van der Waals surface area contributed by atoms with Gasteiger partial charge in [0.25, 0.3) is 0 Å². The maximum absolute atomic E-state index is 2.64. The van der Waals surface area contributed by atoms with Gasteiger partial charge in [-0.1, -0.05) is 141 Å². The number of benzene rings is 6. The number of para-hydroxylation sites is 3. The molecule has 3 aliphatic rings. The normalized spacial score (nSPS) is 18.1. The summed E-state index contributed by atoms with van der Waals surface area (Å²) in [5.74, 6) is 0. The van der Waals surface area contributed by atoms with Crippen LogP contribution >= 0.6 is 0 Å². The fourth-order valence-electron chi connectivity index (χ4n) is 9.04. The topological polar surface area (TPSA) is 6.48 Å². The molecule has 0 fully saturated rings. The van der Waals surface area contributed by atoms with Crippen molar-refractivity contribution in [3.63, 3.8) is 0 Å². The Morgan fingerprint density at radius 2 is 1.22 bits per heavy atom. The van der Waals surface area contributed by atoms with Crippen molar-refractivity contribution in [2.24, 2.45) is 0 Å². The fraction of sp³-hybridized carbons (Fsp3) is 0.184. The summed E-state index contributed by atoms with van der Waals surface area (Å²) >= 11 is 0. The van der Waals surface area contributed by atoms with Crippen LogP contribution in [0.2, 0.25) is 0 Å². The first-order valence-corrected chi connectivity index (χ1v) is 18.4.